The van der Waals surface area contributed by atoms with E-state index < -0.39 is 0 Å². The number of nitrogens with one attached hydrogen (secondary N) is 1. The zero-order valence-electron chi connectivity index (χ0n) is 12.9. The maximum absolute atomic E-state index is 5.66. The van der Waals surface area contributed by atoms with Gasteiger partial charge in [-0.2, -0.15) is 0 Å². The van der Waals surface area contributed by atoms with Crippen LogP contribution < -0.4 is 5.32 Å². The summed E-state index contributed by atoms with van der Waals surface area (Å²) >= 11 is 5.66. The number of rotatable bonds is 4. The van der Waals surface area contributed by atoms with Crippen LogP contribution in [0.3, 0.4) is 0 Å². The maximum Gasteiger partial charge on any atom is 0.169 e. The van der Waals surface area contributed by atoms with Crippen LogP contribution in [0.2, 0.25) is 0 Å². The van der Waals surface area contributed by atoms with E-state index in [-0.39, 0.29) is 6.04 Å². The zero-order chi connectivity index (χ0) is 15.4. The molecule has 1 aliphatic heterocycles. The van der Waals surface area contributed by atoms with Crippen LogP contribution in [-0.4, -0.2) is 32.7 Å². The first-order valence-electron chi connectivity index (χ1n) is 7.90. The molecule has 5 heteroatoms. The van der Waals surface area contributed by atoms with Gasteiger partial charge in [0.15, 0.2) is 5.11 Å². The van der Waals surface area contributed by atoms with Crippen molar-refractivity contribution in [1.29, 1.82) is 0 Å². The molecule has 22 heavy (non-hydrogen) atoms. The summed E-state index contributed by atoms with van der Waals surface area (Å²) < 4.78 is 2.32. The van der Waals surface area contributed by atoms with Crippen molar-refractivity contribution in [2.24, 2.45) is 0 Å². The van der Waals surface area contributed by atoms with Gasteiger partial charge in [-0.15, -0.1) is 0 Å². The lowest BCUT2D eigenvalue weighted by Crippen LogP contribution is -2.47. The highest BCUT2D eigenvalue weighted by Gasteiger charge is 2.30. The largest absolute Gasteiger partial charge is 0.363 e. The molecular weight excluding hydrogens is 292 g/mol. The standard InChI is InChI=1S/C17H22N4S/c1-2-3-8-19-17(22)21-13-12-20-11-4-5-15(20)16(21)14-6-9-18-10-7-14/h4-7,9-11,16H,2-3,8,12-13H2,1H3,(H,19,22)/t16-/m0/s1. The Kier molecular flexibility index (Phi) is 4.73. The van der Waals surface area contributed by atoms with Crippen molar-refractivity contribution in [2.75, 3.05) is 13.1 Å². The molecule has 3 rings (SSSR count). The van der Waals surface area contributed by atoms with Crippen molar-refractivity contribution in [3.8, 4) is 0 Å². The first-order valence-corrected chi connectivity index (χ1v) is 8.31. The molecule has 2 aromatic rings. The average molecular weight is 314 g/mol. The molecule has 1 aliphatic rings. The molecule has 0 unspecified atom stereocenters. The fourth-order valence-corrected chi connectivity index (χ4v) is 3.27. The minimum atomic E-state index is 0.161. The molecule has 2 aromatic heterocycles. The summed E-state index contributed by atoms with van der Waals surface area (Å²) in [6, 6.07) is 8.62. The number of aromatic nitrogens is 2. The molecule has 0 radical (unpaired) electrons. The number of unbranched alkanes of at least 4 members (excludes halogenated alkanes) is 1. The van der Waals surface area contributed by atoms with Gasteiger partial charge in [-0.25, -0.2) is 0 Å². The highest BCUT2D eigenvalue weighted by atomic mass is 32.1. The third-order valence-electron chi connectivity index (χ3n) is 4.13. The number of hydrogen-bond donors (Lipinski definition) is 1. The molecule has 0 saturated heterocycles. The molecule has 0 bridgehead atoms. The van der Waals surface area contributed by atoms with Gasteiger partial charge in [-0.3, -0.25) is 4.98 Å². The smallest absolute Gasteiger partial charge is 0.169 e. The van der Waals surface area contributed by atoms with Crippen molar-refractivity contribution in [3.05, 3.63) is 54.1 Å². The second-order valence-electron chi connectivity index (χ2n) is 5.59. The van der Waals surface area contributed by atoms with E-state index in [0.29, 0.717) is 0 Å². The minimum Gasteiger partial charge on any atom is -0.363 e. The fraction of sp³-hybridized carbons (Fsp3) is 0.412. The Morgan fingerprint density at radius 2 is 2.14 bits per heavy atom. The molecular formula is C17H22N4S. The van der Waals surface area contributed by atoms with Gasteiger partial charge in [-0.05, 0) is 48.5 Å². The normalized spacial score (nSPS) is 17.1. The number of fused-ring (bicyclic) bond motifs is 1. The van der Waals surface area contributed by atoms with Crippen LogP contribution in [0.5, 0.6) is 0 Å². The Morgan fingerprint density at radius 1 is 1.32 bits per heavy atom. The Bertz CT molecular complexity index is 623. The lowest BCUT2D eigenvalue weighted by Gasteiger charge is -2.39. The topological polar surface area (TPSA) is 33.1 Å². The SMILES string of the molecule is CCCCNC(=S)N1CCn2cccc2[C@@H]1c1ccncc1. The Hall–Kier alpha value is -1.88. The molecule has 0 spiro atoms. The molecule has 3 heterocycles. The van der Waals surface area contributed by atoms with E-state index in [0.717, 1.165) is 31.2 Å². The van der Waals surface area contributed by atoms with Gasteiger partial charge in [0.05, 0.1) is 6.04 Å². The average Bonchev–Trinajstić information content (AvgIpc) is 3.03. The van der Waals surface area contributed by atoms with Crippen molar-refractivity contribution >= 4 is 17.3 Å². The van der Waals surface area contributed by atoms with Gasteiger partial charge in [-0.1, -0.05) is 13.3 Å². The van der Waals surface area contributed by atoms with Crippen LogP contribution in [0.1, 0.15) is 37.1 Å². The zero-order valence-corrected chi connectivity index (χ0v) is 13.7. The fourth-order valence-electron chi connectivity index (χ4n) is 2.97. The quantitative estimate of drug-likeness (QED) is 0.695. The van der Waals surface area contributed by atoms with Crippen LogP contribution in [0, 0.1) is 0 Å². The highest BCUT2D eigenvalue weighted by molar-refractivity contribution is 7.80. The molecule has 1 N–H and O–H groups in total. The van der Waals surface area contributed by atoms with E-state index in [1.807, 2.05) is 12.4 Å². The van der Waals surface area contributed by atoms with E-state index in [2.05, 4.69) is 57.2 Å². The maximum atomic E-state index is 5.66. The molecule has 4 nitrogen and oxygen atoms in total. The number of hydrogen-bond acceptors (Lipinski definition) is 2. The van der Waals surface area contributed by atoms with Gasteiger partial charge in [0, 0.05) is 43.9 Å². The summed E-state index contributed by atoms with van der Waals surface area (Å²) in [5, 5.41) is 4.26. The second kappa shape index (κ2) is 6.92. The molecule has 0 fully saturated rings. The summed E-state index contributed by atoms with van der Waals surface area (Å²) in [4.78, 5) is 6.44. The van der Waals surface area contributed by atoms with Crippen LogP contribution in [-0.2, 0) is 6.54 Å². The third-order valence-corrected chi connectivity index (χ3v) is 4.51. The predicted molar refractivity (Wildman–Crippen MR) is 92.7 cm³/mol. The van der Waals surface area contributed by atoms with Gasteiger partial charge in [0.1, 0.15) is 0 Å². The summed E-state index contributed by atoms with van der Waals surface area (Å²) in [7, 11) is 0. The number of nitrogens with zero attached hydrogens (tertiary/aromatic N) is 3. The molecule has 116 valence electrons. The van der Waals surface area contributed by atoms with E-state index in [1.54, 1.807) is 0 Å². The molecule has 0 amide bonds. The van der Waals surface area contributed by atoms with E-state index in [1.165, 1.54) is 17.7 Å². The summed E-state index contributed by atoms with van der Waals surface area (Å²) in [5.41, 5.74) is 2.52. The predicted octanol–water partition coefficient (Wildman–Crippen LogP) is 2.96. The molecule has 0 aliphatic carbocycles. The van der Waals surface area contributed by atoms with Gasteiger partial charge >= 0.3 is 0 Å². The van der Waals surface area contributed by atoms with Crippen molar-refractivity contribution in [1.82, 2.24) is 19.8 Å². The Morgan fingerprint density at radius 3 is 2.91 bits per heavy atom. The number of pyridine rings is 1. The van der Waals surface area contributed by atoms with Gasteiger partial charge in [0.25, 0.3) is 0 Å². The summed E-state index contributed by atoms with van der Waals surface area (Å²) in [6.45, 7) is 5.03. The summed E-state index contributed by atoms with van der Waals surface area (Å²) in [5.74, 6) is 0. The molecule has 0 aromatic carbocycles. The van der Waals surface area contributed by atoms with Crippen LogP contribution in [0.4, 0.5) is 0 Å². The Labute approximate surface area is 137 Å². The van der Waals surface area contributed by atoms with Crippen LogP contribution in [0.25, 0.3) is 0 Å². The van der Waals surface area contributed by atoms with Crippen LogP contribution >= 0.6 is 12.2 Å². The lowest BCUT2D eigenvalue weighted by atomic mass is 10.0. The van der Waals surface area contributed by atoms with Crippen molar-refractivity contribution in [2.45, 2.75) is 32.4 Å². The minimum absolute atomic E-state index is 0.161. The van der Waals surface area contributed by atoms with Crippen molar-refractivity contribution < 1.29 is 0 Å². The van der Waals surface area contributed by atoms with E-state index in [9.17, 15) is 0 Å². The van der Waals surface area contributed by atoms with Gasteiger partial charge < -0.3 is 14.8 Å². The second-order valence-corrected chi connectivity index (χ2v) is 5.98. The van der Waals surface area contributed by atoms with Crippen molar-refractivity contribution in [3.63, 3.8) is 0 Å². The van der Waals surface area contributed by atoms with Gasteiger partial charge in [0.2, 0.25) is 0 Å². The summed E-state index contributed by atoms with van der Waals surface area (Å²) in [6.07, 6.45) is 8.16. The molecule has 0 saturated carbocycles. The Balaban J connectivity index is 1.87. The number of thiocarbonyl (C=S) groups is 1. The highest BCUT2D eigenvalue weighted by Crippen LogP contribution is 2.32. The third kappa shape index (κ3) is 2.99. The lowest BCUT2D eigenvalue weighted by molar-refractivity contribution is 0.286. The van der Waals surface area contributed by atoms with E-state index >= 15 is 0 Å². The van der Waals surface area contributed by atoms with E-state index in [4.69, 9.17) is 12.2 Å². The monoisotopic (exact) mass is 314 g/mol. The molecule has 1 atom stereocenters. The first-order chi connectivity index (χ1) is 10.8. The first kappa shape index (κ1) is 15.0. The van der Waals surface area contributed by atoms with Crippen LogP contribution in [0.15, 0.2) is 42.9 Å².